The first-order valence-corrected chi connectivity index (χ1v) is 6.34. The Morgan fingerprint density at radius 2 is 2.05 bits per heavy atom. The van der Waals surface area contributed by atoms with E-state index in [1.165, 1.54) is 6.07 Å². The lowest BCUT2D eigenvalue weighted by Gasteiger charge is -2.01. The van der Waals surface area contributed by atoms with E-state index in [9.17, 15) is 4.79 Å². The number of furan rings is 1. The predicted octanol–water partition coefficient (Wildman–Crippen LogP) is 3.39. The van der Waals surface area contributed by atoms with E-state index in [1.807, 2.05) is 31.2 Å². The van der Waals surface area contributed by atoms with Crippen molar-refractivity contribution in [1.82, 2.24) is 9.78 Å². The highest BCUT2D eigenvalue weighted by Crippen LogP contribution is 2.26. The van der Waals surface area contributed by atoms with Crippen LogP contribution in [0.3, 0.4) is 0 Å². The van der Waals surface area contributed by atoms with E-state index >= 15 is 0 Å². The lowest BCUT2D eigenvalue weighted by atomic mass is 10.3. The first-order valence-electron chi connectivity index (χ1n) is 5.54. The zero-order valence-electron chi connectivity index (χ0n) is 9.92. The van der Waals surface area contributed by atoms with E-state index in [1.54, 1.807) is 4.68 Å². The number of nitrogens with zero attached hydrogens (tertiary/aromatic N) is 2. The number of aromatic carboxylic acids is 1. The zero-order chi connectivity index (χ0) is 13.6. The normalized spacial score (nSPS) is 11.1. The Morgan fingerprint density at radius 3 is 2.68 bits per heavy atom. The number of hydrogen-bond acceptors (Lipinski definition) is 3. The van der Waals surface area contributed by atoms with Gasteiger partial charge < -0.3 is 9.52 Å². The molecule has 2 aromatic heterocycles. The Balaban J connectivity index is 2.23. The van der Waals surface area contributed by atoms with Crippen molar-refractivity contribution in [1.29, 1.82) is 0 Å². The van der Waals surface area contributed by atoms with Crippen molar-refractivity contribution >= 4 is 33.0 Å². The molecule has 96 valence electrons. The molecule has 0 atom stereocenters. The number of aromatic nitrogens is 2. The monoisotopic (exact) mass is 320 g/mol. The van der Waals surface area contributed by atoms with Crippen LogP contribution in [0.15, 0.2) is 39.2 Å². The topological polar surface area (TPSA) is 68.3 Å². The summed E-state index contributed by atoms with van der Waals surface area (Å²) in [5.41, 5.74) is 1.99. The molecule has 0 bridgehead atoms. The van der Waals surface area contributed by atoms with Crippen LogP contribution >= 0.6 is 15.9 Å². The molecule has 0 aliphatic carbocycles. The van der Waals surface area contributed by atoms with Crippen LogP contribution in [0.25, 0.3) is 16.8 Å². The first-order chi connectivity index (χ1) is 9.06. The van der Waals surface area contributed by atoms with Crippen LogP contribution < -0.4 is 0 Å². The molecule has 1 N–H and O–H groups in total. The number of hydrogen-bond donors (Lipinski definition) is 1. The Hall–Kier alpha value is -2.08. The summed E-state index contributed by atoms with van der Waals surface area (Å²) in [7, 11) is 0. The Morgan fingerprint density at radius 1 is 1.37 bits per heavy atom. The molecule has 0 aliphatic rings. The SMILES string of the molecule is Cc1nn(-c2ccc(Br)cc2)c2oc(C(=O)O)cc12. The van der Waals surface area contributed by atoms with Gasteiger partial charge in [-0.05, 0) is 31.2 Å². The summed E-state index contributed by atoms with van der Waals surface area (Å²) in [6.45, 7) is 1.82. The van der Waals surface area contributed by atoms with Gasteiger partial charge in [-0.2, -0.15) is 9.78 Å². The summed E-state index contributed by atoms with van der Waals surface area (Å²) in [6, 6.07) is 9.02. The first kappa shape index (κ1) is 12.0. The van der Waals surface area contributed by atoms with Gasteiger partial charge in [0.1, 0.15) is 0 Å². The van der Waals surface area contributed by atoms with Crippen molar-refractivity contribution in [2.75, 3.05) is 0 Å². The van der Waals surface area contributed by atoms with E-state index in [-0.39, 0.29) is 5.76 Å². The molecule has 6 heteroatoms. The third-order valence-electron chi connectivity index (χ3n) is 2.83. The highest BCUT2D eigenvalue weighted by atomic mass is 79.9. The highest BCUT2D eigenvalue weighted by Gasteiger charge is 2.18. The van der Waals surface area contributed by atoms with Gasteiger partial charge in [-0.15, -0.1) is 0 Å². The molecule has 0 radical (unpaired) electrons. The minimum atomic E-state index is -1.09. The fourth-order valence-corrected chi connectivity index (χ4v) is 2.17. The third-order valence-corrected chi connectivity index (χ3v) is 3.36. The summed E-state index contributed by atoms with van der Waals surface area (Å²) in [4.78, 5) is 10.9. The van der Waals surface area contributed by atoms with Crippen molar-refractivity contribution in [2.24, 2.45) is 0 Å². The predicted molar refractivity (Wildman–Crippen MR) is 72.7 cm³/mol. The molecule has 0 saturated carbocycles. The maximum Gasteiger partial charge on any atom is 0.371 e. The summed E-state index contributed by atoms with van der Waals surface area (Å²) < 4.78 is 7.92. The summed E-state index contributed by atoms with van der Waals surface area (Å²) >= 11 is 3.37. The van der Waals surface area contributed by atoms with Crippen molar-refractivity contribution in [3.8, 4) is 5.69 Å². The number of rotatable bonds is 2. The van der Waals surface area contributed by atoms with Gasteiger partial charge in [0.15, 0.2) is 0 Å². The molecule has 0 aliphatic heterocycles. The molecule has 0 spiro atoms. The van der Waals surface area contributed by atoms with Crippen LogP contribution in [0.5, 0.6) is 0 Å². The molecule has 5 nitrogen and oxygen atoms in total. The number of aryl methyl sites for hydroxylation is 1. The molecule has 1 aromatic carbocycles. The van der Waals surface area contributed by atoms with Gasteiger partial charge in [0.2, 0.25) is 11.5 Å². The van der Waals surface area contributed by atoms with Crippen molar-refractivity contribution in [3.05, 3.63) is 46.3 Å². The summed E-state index contributed by atoms with van der Waals surface area (Å²) in [6.07, 6.45) is 0. The molecule has 0 saturated heterocycles. The van der Waals surface area contributed by atoms with Gasteiger partial charge >= 0.3 is 5.97 Å². The lowest BCUT2D eigenvalue weighted by Crippen LogP contribution is -1.97. The molecule has 0 fully saturated rings. The highest BCUT2D eigenvalue weighted by molar-refractivity contribution is 9.10. The van der Waals surface area contributed by atoms with E-state index in [2.05, 4.69) is 21.0 Å². The Labute approximate surface area is 116 Å². The standard InChI is InChI=1S/C13H9BrN2O3/c1-7-10-6-11(13(17)18)19-12(10)16(15-7)9-4-2-8(14)3-5-9/h2-6H,1H3,(H,17,18). The molecular weight excluding hydrogens is 312 g/mol. The van der Waals surface area contributed by atoms with E-state index in [4.69, 9.17) is 9.52 Å². The van der Waals surface area contributed by atoms with Gasteiger partial charge in [0.05, 0.1) is 16.8 Å². The molecular formula is C13H9BrN2O3. The molecule has 2 heterocycles. The number of fused-ring (bicyclic) bond motifs is 1. The maximum absolute atomic E-state index is 10.9. The number of carboxylic acid groups (broad SMARTS) is 1. The van der Waals surface area contributed by atoms with Crippen LogP contribution in [0, 0.1) is 6.92 Å². The van der Waals surface area contributed by atoms with Crippen LogP contribution in [-0.2, 0) is 0 Å². The second-order valence-electron chi connectivity index (χ2n) is 4.11. The minimum Gasteiger partial charge on any atom is -0.475 e. The van der Waals surface area contributed by atoms with Gasteiger partial charge in [-0.1, -0.05) is 15.9 Å². The van der Waals surface area contributed by atoms with Crippen molar-refractivity contribution in [2.45, 2.75) is 6.92 Å². The van der Waals surface area contributed by atoms with E-state index in [0.717, 1.165) is 15.9 Å². The fraction of sp³-hybridized carbons (Fsp3) is 0.0769. The zero-order valence-corrected chi connectivity index (χ0v) is 11.5. The maximum atomic E-state index is 10.9. The van der Waals surface area contributed by atoms with E-state index < -0.39 is 5.97 Å². The molecule has 3 rings (SSSR count). The Kier molecular flexibility index (Phi) is 2.67. The average Bonchev–Trinajstić information content (AvgIpc) is 2.92. The van der Waals surface area contributed by atoms with Gasteiger partial charge in [-0.25, -0.2) is 4.79 Å². The van der Waals surface area contributed by atoms with Gasteiger partial charge in [0.25, 0.3) is 0 Å². The van der Waals surface area contributed by atoms with Crippen LogP contribution in [0.4, 0.5) is 0 Å². The quantitative estimate of drug-likeness (QED) is 0.785. The van der Waals surface area contributed by atoms with Crippen molar-refractivity contribution in [3.63, 3.8) is 0 Å². The molecule has 0 unspecified atom stereocenters. The summed E-state index contributed by atoms with van der Waals surface area (Å²) in [5.74, 6) is -1.17. The molecule has 19 heavy (non-hydrogen) atoms. The van der Waals surface area contributed by atoms with Crippen LogP contribution in [0.2, 0.25) is 0 Å². The van der Waals surface area contributed by atoms with Crippen LogP contribution in [0.1, 0.15) is 16.2 Å². The number of carbonyl (C=O) groups is 1. The van der Waals surface area contributed by atoms with E-state index in [0.29, 0.717) is 11.1 Å². The Bertz CT molecular complexity index is 771. The summed E-state index contributed by atoms with van der Waals surface area (Å²) in [5, 5.41) is 14.0. The number of benzene rings is 1. The third kappa shape index (κ3) is 1.94. The number of carboxylic acids is 1. The minimum absolute atomic E-state index is 0.0821. The van der Waals surface area contributed by atoms with Crippen molar-refractivity contribution < 1.29 is 14.3 Å². The molecule has 0 amide bonds. The second kappa shape index (κ2) is 4.24. The van der Waals surface area contributed by atoms with Gasteiger partial charge in [0, 0.05) is 10.5 Å². The van der Waals surface area contributed by atoms with Gasteiger partial charge in [-0.3, -0.25) is 0 Å². The average molecular weight is 321 g/mol. The molecule has 3 aromatic rings. The smallest absolute Gasteiger partial charge is 0.371 e. The largest absolute Gasteiger partial charge is 0.475 e. The fourth-order valence-electron chi connectivity index (χ4n) is 1.91. The second-order valence-corrected chi connectivity index (χ2v) is 5.02. The lowest BCUT2D eigenvalue weighted by molar-refractivity contribution is 0.0664. The number of halogens is 1. The van der Waals surface area contributed by atoms with Crippen LogP contribution in [-0.4, -0.2) is 20.9 Å².